The number of para-hydroxylation sites is 1. The molecule has 1 N–H and O–H groups in total. The van der Waals surface area contributed by atoms with Gasteiger partial charge in [0.25, 0.3) is 5.91 Å². The Morgan fingerprint density at radius 2 is 2.05 bits per heavy atom. The summed E-state index contributed by atoms with van der Waals surface area (Å²) in [6.07, 6.45) is 2.76. The van der Waals surface area contributed by atoms with Crippen molar-refractivity contribution in [1.82, 2.24) is 9.88 Å². The lowest BCUT2D eigenvalue weighted by Crippen LogP contribution is -2.47. The predicted molar refractivity (Wildman–Crippen MR) is 83.7 cm³/mol. The molecule has 1 fully saturated rings. The highest BCUT2D eigenvalue weighted by Gasteiger charge is 2.32. The number of hydrogen-bond acceptors (Lipinski definition) is 4. The summed E-state index contributed by atoms with van der Waals surface area (Å²) in [4.78, 5) is 18.6. The van der Waals surface area contributed by atoms with Crippen LogP contribution >= 0.6 is 0 Å². The number of benzene rings is 1. The molecule has 0 radical (unpaired) electrons. The van der Waals surface area contributed by atoms with E-state index in [1.807, 2.05) is 24.3 Å². The number of aliphatic hydroxyl groups is 1. The second-order valence-corrected chi connectivity index (χ2v) is 5.87. The summed E-state index contributed by atoms with van der Waals surface area (Å²) in [6.45, 7) is 1.39. The van der Waals surface area contributed by atoms with Crippen LogP contribution in [0.3, 0.4) is 0 Å². The molecule has 5 nitrogen and oxygen atoms in total. The Morgan fingerprint density at radius 1 is 1.32 bits per heavy atom. The maximum Gasteiger partial charge on any atom is 0.254 e. The van der Waals surface area contributed by atoms with Gasteiger partial charge in [-0.25, -0.2) is 0 Å². The molecular weight excluding hydrogens is 280 g/mol. The number of hydrogen-bond donors (Lipinski definition) is 1. The Morgan fingerprint density at radius 3 is 2.82 bits per heavy atom. The maximum absolute atomic E-state index is 12.7. The monoisotopic (exact) mass is 300 g/mol. The van der Waals surface area contributed by atoms with Crippen molar-refractivity contribution in [3.05, 3.63) is 42.1 Å². The molecule has 5 heteroatoms. The van der Waals surface area contributed by atoms with Crippen LogP contribution < -0.4 is 0 Å². The molecule has 1 aliphatic heterocycles. The van der Waals surface area contributed by atoms with Gasteiger partial charge < -0.3 is 14.7 Å². The lowest BCUT2D eigenvalue weighted by Gasteiger charge is -2.35. The molecule has 116 valence electrons. The maximum atomic E-state index is 12.7. The first-order chi connectivity index (χ1) is 10.6. The van der Waals surface area contributed by atoms with Gasteiger partial charge in [-0.05, 0) is 12.1 Å². The number of pyridine rings is 1. The highest BCUT2D eigenvalue weighted by molar-refractivity contribution is 6.05. The molecule has 1 aliphatic rings. The largest absolute Gasteiger partial charge is 0.388 e. The van der Waals surface area contributed by atoms with Crippen LogP contribution in [0.5, 0.6) is 0 Å². The molecule has 1 aromatic heterocycles. The Hall–Kier alpha value is -1.98. The number of carbonyl (C=O) groups excluding carboxylic acids is 1. The number of carbonyl (C=O) groups is 1. The van der Waals surface area contributed by atoms with Crippen LogP contribution in [0, 0.1) is 0 Å². The van der Waals surface area contributed by atoms with E-state index >= 15 is 0 Å². The number of nitrogens with zero attached hydrogens (tertiary/aromatic N) is 2. The topological polar surface area (TPSA) is 62.7 Å². The summed E-state index contributed by atoms with van der Waals surface area (Å²) in [5.41, 5.74) is 0.557. The fraction of sp³-hybridized carbons (Fsp3) is 0.412. The van der Waals surface area contributed by atoms with Crippen LogP contribution in [-0.4, -0.2) is 53.3 Å². The zero-order valence-corrected chi connectivity index (χ0v) is 12.7. The highest BCUT2D eigenvalue weighted by Crippen LogP contribution is 2.23. The standard InChI is InChI=1S/C17H20N2O3/c1-19(12-17(21)7-10-22-11-8-17)16(20)14-6-9-18-15-5-3-2-4-13(14)15/h2-6,9,21H,7-8,10-12H2,1H3. The van der Waals surface area contributed by atoms with Crippen LogP contribution in [0.25, 0.3) is 10.9 Å². The van der Waals surface area contributed by atoms with Crippen LogP contribution in [-0.2, 0) is 4.74 Å². The minimum absolute atomic E-state index is 0.0986. The molecule has 0 saturated carbocycles. The number of likely N-dealkylation sites (N-methyl/N-ethyl adjacent to an activating group) is 1. The lowest BCUT2D eigenvalue weighted by molar-refractivity contribution is -0.0734. The summed E-state index contributed by atoms with van der Waals surface area (Å²) in [6, 6.07) is 9.31. The normalized spacial score (nSPS) is 17.4. The van der Waals surface area contributed by atoms with Gasteiger partial charge in [-0.15, -0.1) is 0 Å². The van der Waals surface area contributed by atoms with E-state index in [9.17, 15) is 9.90 Å². The zero-order chi connectivity index (χ0) is 15.6. The first-order valence-electron chi connectivity index (χ1n) is 7.48. The second kappa shape index (κ2) is 6.02. The molecule has 2 aromatic rings. The van der Waals surface area contributed by atoms with Crippen LogP contribution in [0.1, 0.15) is 23.2 Å². The van der Waals surface area contributed by atoms with E-state index in [-0.39, 0.29) is 5.91 Å². The summed E-state index contributed by atoms with van der Waals surface area (Å²) >= 11 is 0. The fourth-order valence-electron chi connectivity index (χ4n) is 2.91. The summed E-state index contributed by atoms with van der Waals surface area (Å²) in [7, 11) is 1.73. The van der Waals surface area contributed by atoms with E-state index in [1.54, 1.807) is 24.2 Å². The van der Waals surface area contributed by atoms with E-state index in [2.05, 4.69) is 4.98 Å². The Kier molecular flexibility index (Phi) is 4.09. The Balaban J connectivity index is 1.83. The van der Waals surface area contributed by atoms with Gasteiger partial charge in [-0.2, -0.15) is 0 Å². The molecule has 22 heavy (non-hydrogen) atoms. The van der Waals surface area contributed by atoms with E-state index in [1.165, 1.54) is 0 Å². The second-order valence-electron chi connectivity index (χ2n) is 5.87. The first kappa shape index (κ1) is 14.9. The molecule has 1 saturated heterocycles. The van der Waals surface area contributed by atoms with Crippen molar-refractivity contribution in [2.24, 2.45) is 0 Å². The first-order valence-corrected chi connectivity index (χ1v) is 7.48. The molecule has 0 bridgehead atoms. The van der Waals surface area contributed by atoms with Gasteiger partial charge in [0.1, 0.15) is 0 Å². The van der Waals surface area contributed by atoms with E-state index in [0.717, 1.165) is 10.9 Å². The van der Waals surface area contributed by atoms with Crippen LogP contribution in [0.2, 0.25) is 0 Å². The summed E-state index contributed by atoms with van der Waals surface area (Å²) < 4.78 is 5.28. The van der Waals surface area contributed by atoms with Crippen molar-refractivity contribution in [3.8, 4) is 0 Å². The fourth-order valence-corrected chi connectivity index (χ4v) is 2.91. The number of ether oxygens (including phenoxy) is 1. The van der Waals surface area contributed by atoms with Crippen molar-refractivity contribution in [1.29, 1.82) is 0 Å². The van der Waals surface area contributed by atoms with Gasteiger partial charge in [-0.3, -0.25) is 9.78 Å². The summed E-state index contributed by atoms with van der Waals surface area (Å²) in [5, 5.41) is 11.4. The molecule has 0 unspecified atom stereocenters. The number of rotatable bonds is 3. The summed E-state index contributed by atoms with van der Waals surface area (Å²) in [5.74, 6) is -0.0986. The van der Waals surface area contributed by atoms with E-state index in [0.29, 0.717) is 38.2 Å². The van der Waals surface area contributed by atoms with Crippen molar-refractivity contribution >= 4 is 16.8 Å². The smallest absolute Gasteiger partial charge is 0.254 e. The van der Waals surface area contributed by atoms with Crippen molar-refractivity contribution in [3.63, 3.8) is 0 Å². The van der Waals surface area contributed by atoms with Crippen molar-refractivity contribution in [2.75, 3.05) is 26.8 Å². The number of aromatic nitrogens is 1. The molecule has 3 rings (SSSR count). The van der Waals surface area contributed by atoms with Crippen LogP contribution in [0.4, 0.5) is 0 Å². The van der Waals surface area contributed by atoms with Crippen molar-refractivity contribution < 1.29 is 14.6 Å². The highest BCUT2D eigenvalue weighted by atomic mass is 16.5. The Bertz CT molecular complexity index is 675. The molecule has 1 aromatic carbocycles. The number of amides is 1. The minimum Gasteiger partial charge on any atom is -0.388 e. The zero-order valence-electron chi connectivity index (χ0n) is 12.7. The molecule has 0 spiro atoms. The van der Waals surface area contributed by atoms with Gasteiger partial charge in [0.15, 0.2) is 0 Å². The van der Waals surface area contributed by atoms with Gasteiger partial charge in [-0.1, -0.05) is 18.2 Å². The van der Waals surface area contributed by atoms with Gasteiger partial charge in [0, 0.05) is 51.2 Å². The molecular formula is C17H20N2O3. The third-order valence-electron chi connectivity index (χ3n) is 4.18. The van der Waals surface area contributed by atoms with Gasteiger partial charge >= 0.3 is 0 Å². The molecule has 1 amide bonds. The average molecular weight is 300 g/mol. The van der Waals surface area contributed by atoms with Crippen LogP contribution in [0.15, 0.2) is 36.5 Å². The molecule has 0 aliphatic carbocycles. The third-order valence-corrected chi connectivity index (χ3v) is 4.18. The Labute approximate surface area is 129 Å². The van der Waals surface area contributed by atoms with Crippen molar-refractivity contribution in [2.45, 2.75) is 18.4 Å². The quantitative estimate of drug-likeness (QED) is 0.939. The average Bonchev–Trinajstić information content (AvgIpc) is 2.54. The van der Waals surface area contributed by atoms with E-state index in [4.69, 9.17) is 4.74 Å². The van der Waals surface area contributed by atoms with Gasteiger partial charge in [0.05, 0.1) is 16.7 Å². The minimum atomic E-state index is -0.856. The predicted octanol–water partition coefficient (Wildman–Crippen LogP) is 1.85. The van der Waals surface area contributed by atoms with Gasteiger partial charge in [0.2, 0.25) is 0 Å². The number of fused-ring (bicyclic) bond motifs is 1. The SMILES string of the molecule is CN(CC1(O)CCOCC1)C(=O)c1ccnc2ccccc12. The molecule has 0 atom stereocenters. The molecule has 2 heterocycles. The van der Waals surface area contributed by atoms with E-state index < -0.39 is 5.60 Å². The lowest BCUT2D eigenvalue weighted by atomic mass is 9.93. The third kappa shape index (κ3) is 2.96.